The Balaban J connectivity index is 1.73. The van der Waals surface area contributed by atoms with Crippen LogP contribution in [0.3, 0.4) is 0 Å². The SMILES string of the molecule is COC(=O)c1ccc2c(c1)CCCN2S(=O)(=O)c1cccc(N(C(C)=O)C(=O)c2ccccc2C)c1. The lowest BCUT2D eigenvalue weighted by Gasteiger charge is -2.31. The molecule has 0 N–H and O–H groups in total. The maximum Gasteiger partial charge on any atom is 0.337 e. The normalized spacial score (nSPS) is 13.0. The average Bonchev–Trinajstić information content (AvgIpc) is 2.87. The van der Waals surface area contributed by atoms with Crippen LogP contribution in [0.15, 0.2) is 71.6 Å². The van der Waals surface area contributed by atoms with E-state index in [0.29, 0.717) is 35.2 Å². The fourth-order valence-electron chi connectivity index (χ4n) is 4.34. The van der Waals surface area contributed by atoms with E-state index in [4.69, 9.17) is 4.74 Å². The molecular formula is C27H26N2O6S. The van der Waals surface area contributed by atoms with E-state index in [0.717, 1.165) is 10.5 Å². The number of aryl methyl sites for hydroxylation is 2. The van der Waals surface area contributed by atoms with E-state index in [1.165, 1.54) is 48.7 Å². The van der Waals surface area contributed by atoms with Crippen molar-refractivity contribution >= 4 is 39.2 Å². The molecule has 0 unspecified atom stereocenters. The summed E-state index contributed by atoms with van der Waals surface area (Å²) in [4.78, 5) is 38.6. The highest BCUT2D eigenvalue weighted by Crippen LogP contribution is 2.34. The van der Waals surface area contributed by atoms with Crippen LogP contribution in [-0.2, 0) is 26.0 Å². The quantitative estimate of drug-likeness (QED) is 0.483. The van der Waals surface area contributed by atoms with E-state index in [-0.39, 0.29) is 17.1 Å². The van der Waals surface area contributed by atoms with E-state index in [1.54, 1.807) is 43.3 Å². The van der Waals surface area contributed by atoms with Crippen molar-refractivity contribution in [3.8, 4) is 0 Å². The van der Waals surface area contributed by atoms with Gasteiger partial charge in [-0.15, -0.1) is 0 Å². The largest absolute Gasteiger partial charge is 0.465 e. The van der Waals surface area contributed by atoms with Crippen LogP contribution >= 0.6 is 0 Å². The molecule has 0 radical (unpaired) electrons. The number of carbonyl (C=O) groups excluding carboxylic acids is 3. The zero-order chi connectivity index (χ0) is 26.0. The van der Waals surface area contributed by atoms with Gasteiger partial charge in [-0.2, -0.15) is 0 Å². The number of hydrogen-bond donors (Lipinski definition) is 0. The third kappa shape index (κ3) is 4.61. The molecule has 0 bridgehead atoms. The highest BCUT2D eigenvalue weighted by atomic mass is 32.2. The van der Waals surface area contributed by atoms with E-state index < -0.39 is 27.8 Å². The van der Waals surface area contributed by atoms with Crippen LogP contribution < -0.4 is 9.21 Å². The first kappa shape index (κ1) is 25.1. The molecule has 186 valence electrons. The smallest absolute Gasteiger partial charge is 0.337 e. The van der Waals surface area contributed by atoms with Crippen LogP contribution in [0.1, 0.15) is 45.2 Å². The first-order chi connectivity index (χ1) is 17.1. The maximum atomic E-state index is 13.7. The molecule has 0 atom stereocenters. The predicted molar refractivity (Wildman–Crippen MR) is 136 cm³/mol. The van der Waals surface area contributed by atoms with Crippen molar-refractivity contribution in [2.24, 2.45) is 0 Å². The van der Waals surface area contributed by atoms with Crippen LogP contribution in [0.25, 0.3) is 0 Å². The van der Waals surface area contributed by atoms with Crippen molar-refractivity contribution in [3.63, 3.8) is 0 Å². The van der Waals surface area contributed by atoms with Crippen molar-refractivity contribution < 1.29 is 27.5 Å². The Morgan fingerprint density at radius 3 is 2.42 bits per heavy atom. The van der Waals surface area contributed by atoms with Gasteiger partial charge in [-0.05, 0) is 73.4 Å². The maximum absolute atomic E-state index is 13.7. The molecule has 0 aromatic heterocycles. The van der Waals surface area contributed by atoms with Gasteiger partial charge in [-0.3, -0.25) is 13.9 Å². The summed E-state index contributed by atoms with van der Waals surface area (Å²) < 4.78 is 33.5. The molecule has 1 aliphatic heterocycles. The van der Waals surface area contributed by atoms with Crippen LogP contribution in [0, 0.1) is 6.92 Å². The van der Waals surface area contributed by atoms with Crippen LogP contribution in [-0.4, -0.2) is 39.9 Å². The van der Waals surface area contributed by atoms with E-state index in [2.05, 4.69) is 0 Å². The van der Waals surface area contributed by atoms with Gasteiger partial charge < -0.3 is 4.74 Å². The van der Waals surface area contributed by atoms with Crippen LogP contribution in [0.5, 0.6) is 0 Å². The van der Waals surface area contributed by atoms with Gasteiger partial charge in [0.25, 0.3) is 15.9 Å². The van der Waals surface area contributed by atoms with Gasteiger partial charge in [0.1, 0.15) is 0 Å². The number of sulfonamides is 1. The van der Waals surface area contributed by atoms with Gasteiger partial charge in [0.05, 0.1) is 28.9 Å². The molecule has 1 heterocycles. The minimum Gasteiger partial charge on any atom is -0.465 e. The molecule has 2 amide bonds. The zero-order valence-electron chi connectivity index (χ0n) is 20.2. The summed E-state index contributed by atoms with van der Waals surface area (Å²) in [6, 6.07) is 17.5. The van der Waals surface area contributed by atoms with Crippen molar-refractivity contribution in [1.29, 1.82) is 0 Å². The summed E-state index contributed by atoms with van der Waals surface area (Å²) >= 11 is 0. The first-order valence-corrected chi connectivity index (χ1v) is 12.8. The number of carbonyl (C=O) groups is 3. The van der Waals surface area contributed by atoms with Gasteiger partial charge in [-0.25, -0.2) is 18.1 Å². The molecule has 0 aliphatic carbocycles. The number of benzene rings is 3. The number of ether oxygens (including phenoxy) is 1. The number of methoxy groups -OCH3 is 1. The minimum atomic E-state index is -4.03. The zero-order valence-corrected chi connectivity index (χ0v) is 21.0. The van der Waals surface area contributed by atoms with Crippen LogP contribution in [0.2, 0.25) is 0 Å². The third-order valence-electron chi connectivity index (χ3n) is 6.13. The molecule has 0 spiro atoms. The monoisotopic (exact) mass is 506 g/mol. The number of amides is 2. The molecule has 3 aromatic carbocycles. The number of imide groups is 1. The summed E-state index contributed by atoms with van der Waals surface area (Å²) in [5, 5.41) is 0. The highest BCUT2D eigenvalue weighted by molar-refractivity contribution is 7.92. The number of esters is 1. The predicted octanol–water partition coefficient (Wildman–Crippen LogP) is 4.12. The number of rotatable bonds is 5. The van der Waals surface area contributed by atoms with Gasteiger partial charge in [0.15, 0.2) is 0 Å². The topological polar surface area (TPSA) is 101 Å². The number of fused-ring (bicyclic) bond motifs is 1. The van der Waals surface area contributed by atoms with Crippen molar-refractivity contribution in [2.75, 3.05) is 22.9 Å². The molecule has 0 fully saturated rings. The highest BCUT2D eigenvalue weighted by Gasteiger charge is 2.31. The van der Waals surface area contributed by atoms with Crippen molar-refractivity contribution in [1.82, 2.24) is 0 Å². The Hall–Kier alpha value is -3.98. The Bertz CT molecular complexity index is 1460. The first-order valence-electron chi connectivity index (χ1n) is 11.4. The summed E-state index contributed by atoms with van der Waals surface area (Å²) in [6.07, 6.45) is 1.19. The number of anilines is 2. The second kappa shape index (κ2) is 9.94. The Morgan fingerprint density at radius 1 is 0.972 bits per heavy atom. The van der Waals surface area contributed by atoms with Crippen molar-refractivity contribution in [2.45, 2.75) is 31.6 Å². The summed E-state index contributed by atoms with van der Waals surface area (Å²) in [7, 11) is -2.74. The fourth-order valence-corrected chi connectivity index (χ4v) is 5.92. The van der Waals surface area contributed by atoms with Gasteiger partial charge in [0.2, 0.25) is 5.91 Å². The molecule has 0 saturated heterocycles. The molecule has 4 rings (SSSR count). The molecule has 3 aromatic rings. The lowest BCUT2D eigenvalue weighted by Crippen LogP contribution is -2.37. The Kier molecular flexibility index (Phi) is 6.94. The Labute approximate surface area is 210 Å². The van der Waals surface area contributed by atoms with E-state index in [9.17, 15) is 22.8 Å². The summed E-state index contributed by atoms with van der Waals surface area (Å²) in [6.45, 7) is 3.29. The molecule has 0 saturated carbocycles. The van der Waals surface area contributed by atoms with E-state index in [1.807, 2.05) is 0 Å². The second-order valence-electron chi connectivity index (χ2n) is 8.49. The number of nitrogens with zero attached hydrogens (tertiary/aromatic N) is 2. The molecule has 9 heteroatoms. The van der Waals surface area contributed by atoms with Crippen LogP contribution in [0.4, 0.5) is 11.4 Å². The van der Waals surface area contributed by atoms with Gasteiger partial charge in [-0.1, -0.05) is 24.3 Å². The average molecular weight is 507 g/mol. The minimum absolute atomic E-state index is 0.0475. The molecule has 36 heavy (non-hydrogen) atoms. The molecule has 8 nitrogen and oxygen atoms in total. The lowest BCUT2D eigenvalue weighted by atomic mass is 10.0. The Morgan fingerprint density at radius 2 is 1.72 bits per heavy atom. The summed E-state index contributed by atoms with van der Waals surface area (Å²) in [5.74, 6) is -1.56. The summed E-state index contributed by atoms with van der Waals surface area (Å²) in [5.41, 5.74) is 2.78. The standard InChI is InChI=1S/C27H26N2O6S/c1-18-8-4-5-12-24(18)26(31)29(19(2)30)22-10-6-11-23(17-22)36(33,34)28-15-7-9-20-16-21(27(32)35-3)13-14-25(20)28/h4-6,8,10-14,16-17H,7,9,15H2,1-3H3. The van der Waals surface area contributed by atoms with Crippen molar-refractivity contribution in [3.05, 3.63) is 89.0 Å². The van der Waals surface area contributed by atoms with Gasteiger partial charge in [0, 0.05) is 19.0 Å². The lowest BCUT2D eigenvalue weighted by molar-refractivity contribution is -0.115. The molecular weight excluding hydrogens is 480 g/mol. The number of hydrogen-bond acceptors (Lipinski definition) is 6. The third-order valence-corrected chi connectivity index (χ3v) is 7.94. The van der Waals surface area contributed by atoms with Gasteiger partial charge >= 0.3 is 5.97 Å². The molecule has 1 aliphatic rings. The fraction of sp³-hybridized carbons (Fsp3) is 0.222. The van der Waals surface area contributed by atoms with E-state index >= 15 is 0 Å². The second-order valence-corrected chi connectivity index (χ2v) is 10.3.